The second kappa shape index (κ2) is 6.28. The summed E-state index contributed by atoms with van der Waals surface area (Å²) in [6, 6.07) is 2.88. The van der Waals surface area contributed by atoms with Crippen molar-refractivity contribution in [2.75, 3.05) is 6.61 Å². The molecular weight excluding hydrogens is 281 g/mol. The summed E-state index contributed by atoms with van der Waals surface area (Å²) < 4.78 is 5.11. The van der Waals surface area contributed by atoms with Crippen LogP contribution in [-0.4, -0.2) is 23.6 Å². The minimum Gasteiger partial charge on any atom is -0.482 e. The molecule has 1 aromatic rings. The van der Waals surface area contributed by atoms with Gasteiger partial charge in [0.15, 0.2) is 6.61 Å². The number of aliphatic carboxylic acids is 1. The van der Waals surface area contributed by atoms with Crippen LogP contribution in [0.15, 0.2) is 18.2 Å². The molecule has 18 heavy (non-hydrogen) atoms. The molecule has 0 unspecified atom stereocenters. The lowest BCUT2D eigenvalue weighted by atomic mass is 10.2. The van der Waals surface area contributed by atoms with Gasteiger partial charge in [-0.3, -0.25) is 4.79 Å². The Labute approximate surface area is 113 Å². The molecule has 1 aromatic carbocycles. The first-order chi connectivity index (χ1) is 8.40. The lowest BCUT2D eigenvalue weighted by molar-refractivity contribution is -0.131. The number of primary amides is 1. The molecule has 1 rings (SSSR count). The minimum atomic E-state index is -1.13. The zero-order chi connectivity index (χ0) is 13.7. The normalized spacial score (nSPS) is 10.6. The van der Waals surface area contributed by atoms with E-state index in [2.05, 4.69) is 0 Å². The van der Waals surface area contributed by atoms with Crippen LogP contribution in [0.3, 0.4) is 0 Å². The van der Waals surface area contributed by atoms with Gasteiger partial charge < -0.3 is 15.6 Å². The fourth-order valence-corrected chi connectivity index (χ4v) is 1.72. The van der Waals surface area contributed by atoms with E-state index in [4.69, 9.17) is 38.8 Å². The number of benzene rings is 1. The van der Waals surface area contributed by atoms with Crippen LogP contribution < -0.4 is 10.5 Å². The monoisotopic (exact) mass is 289 g/mol. The molecule has 0 aliphatic heterocycles. The average Bonchev–Trinajstić information content (AvgIpc) is 2.24. The van der Waals surface area contributed by atoms with Crippen molar-refractivity contribution in [2.24, 2.45) is 5.73 Å². The van der Waals surface area contributed by atoms with Gasteiger partial charge in [0, 0.05) is 16.7 Å². The summed E-state index contributed by atoms with van der Waals surface area (Å²) in [5.74, 6) is -1.65. The maximum Gasteiger partial charge on any atom is 0.328 e. The molecular formula is C11H9Cl2NO4. The van der Waals surface area contributed by atoms with Gasteiger partial charge in [-0.2, -0.15) is 0 Å². The van der Waals surface area contributed by atoms with Crippen LogP contribution in [0, 0.1) is 0 Å². The van der Waals surface area contributed by atoms with E-state index in [1.807, 2.05) is 0 Å². The van der Waals surface area contributed by atoms with Gasteiger partial charge in [-0.05, 0) is 18.2 Å². The van der Waals surface area contributed by atoms with Gasteiger partial charge >= 0.3 is 5.97 Å². The van der Waals surface area contributed by atoms with Crippen LogP contribution in [0.4, 0.5) is 0 Å². The van der Waals surface area contributed by atoms with Crippen LogP contribution in [0.1, 0.15) is 5.56 Å². The predicted molar refractivity (Wildman–Crippen MR) is 67.8 cm³/mol. The van der Waals surface area contributed by atoms with E-state index in [1.165, 1.54) is 18.2 Å². The number of hydrogen-bond acceptors (Lipinski definition) is 3. The Balaban J connectivity index is 3.12. The number of nitrogens with two attached hydrogens (primary N) is 1. The Hall–Kier alpha value is -1.72. The molecule has 0 heterocycles. The van der Waals surface area contributed by atoms with E-state index in [-0.39, 0.29) is 17.4 Å². The van der Waals surface area contributed by atoms with E-state index in [1.54, 1.807) is 0 Å². The summed E-state index contributed by atoms with van der Waals surface area (Å²) >= 11 is 11.7. The van der Waals surface area contributed by atoms with Crippen molar-refractivity contribution < 1.29 is 19.4 Å². The molecule has 0 spiro atoms. The highest BCUT2D eigenvalue weighted by Crippen LogP contribution is 2.33. The highest BCUT2D eigenvalue weighted by molar-refractivity contribution is 6.36. The molecule has 0 aromatic heterocycles. The number of carboxylic acid groups (broad SMARTS) is 1. The number of amides is 1. The summed E-state index contributed by atoms with van der Waals surface area (Å²) in [5.41, 5.74) is 5.29. The summed E-state index contributed by atoms with van der Waals surface area (Å²) in [4.78, 5) is 21.1. The summed E-state index contributed by atoms with van der Waals surface area (Å²) in [6.07, 6.45) is 2.16. The molecule has 0 fully saturated rings. The molecule has 7 heteroatoms. The van der Waals surface area contributed by atoms with Crippen LogP contribution in [0.25, 0.3) is 6.08 Å². The van der Waals surface area contributed by atoms with Crippen molar-refractivity contribution in [3.63, 3.8) is 0 Å². The van der Waals surface area contributed by atoms with Gasteiger partial charge in [-0.1, -0.05) is 23.2 Å². The zero-order valence-electron chi connectivity index (χ0n) is 9.02. The van der Waals surface area contributed by atoms with Gasteiger partial charge in [0.2, 0.25) is 0 Å². The Morgan fingerprint density at radius 1 is 1.39 bits per heavy atom. The molecule has 3 N–H and O–H groups in total. The molecule has 0 aliphatic rings. The smallest absolute Gasteiger partial charge is 0.328 e. The second-order valence-electron chi connectivity index (χ2n) is 3.23. The number of carbonyl (C=O) groups excluding carboxylic acids is 1. The number of carboxylic acids is 1. The number of hydrogen-bond donors (Lipinski definition) is 2. The Bertz CT molecular complexity index is 514. The van der Waals surface area contributed by atoms with E-state index >= 15 is 0 Å². The molecule has 0 saturated carbocycles. The third kappa shape index (κ3) is 4.27. The number of carbonyl (C=O) groups is 2. The third-order valence-electron chi connectivity index (χ3n) is 1.80. The zero-order valence-corrected chi connectivity index (χ0v) is 10.5. The van der Waals surface area contributed by atoms with Crippen molar-refractivity contribution in [1.29, 1.82) is 0 Å². The van der Waals surface area contributed by atoms with E-state index in [0.717, 1.165) is 6.08 Å². The summed E-state index contributed by atoms with van der Waals surface area (Å²) in [6.45, 7) is -0.366. The topological polar surface area (TPSA) is 89.6 Å². The first-order valence-corrected chi connectivity index (χ1v) is 5.47. The maximum atomic E-state index is 10.6. The van der Waals surface area contributed by atoms with Gasteiger partial charge in [-0.15, -0.1) is 0 Å². The lowest BCUT2D eigenvalue weighted by Crippen LogP contribution is -2.20. The first-order valence-electron chi connectivity index (χ1n) is 4.71. The van der Waals surface area contributed by atoms with Crippen molar-refractivity contribution >= 4 is 41.2 Å². The number of ether oxygens (including phenoxy) is 1. The lowest BCUT2D eigenvalue weighted by Gasteiger charge is -2.10. The van der Waals surface area contributed by atoms with Gasteiger partial charge in [0.05, 0.1) is 5.02 Å². The molecule has 0 radical (unpaired) electrons. The molecule has 1 amide bonds. The van der Waals surface area contributed by atoms with Gasteiger partial charge in [-0.25, -0.2) is 4.79 Å². The van der Waals surface area contributed by atoms with Crippen LogP contribution in [0.5, 0.6) is 5.75 Å². The van der Waals surface area contributed by atoms with Gasteiger partial charge in [0.25, 0.3) is 5.91 Å². The fourth-order valence-electron chi connectivity index (χ4n) is 1.16. The van der Waals surface area contributed by atoms with E-state index in [9.17, 15) is 9.59 Å². The van der Waals surface area contributed by atoms with Crippen molar-refractivity contribution in [2.45, 2.75) is 0 Å². The number of rotatable bonds is 5. The Morgan fingerprint density at radius 3 is 2.61 bits per heavy atom. The van der Waals surface area contributed by atoms with Crippen LogP contribution in [-0.2, 0) is 9.59 Å². The molecule has 96 valence electrons. The maximum absolute atomic E-state index is 10.6. The van der Waals surface area contributed by atoms with Crippen LogP contribution >= 0.6 is 23.2 Å². The van der Waals surface area contributed by atoms with Crippen molar-refractivity contribution in [3.8, 4) is 5.75 Å². The van der Waals surface area contributed by atoms with Crippen molar-refractivity contribution in [1.82, 2.24) is 0 Å². The Kier molecular flexibility index (Phi) is 5.00. The fraction of sp³-hybridized carbons (Fsp3) is 0.0909. The largest absolute Gasteiger partial charge is 0.482 e. The molecule has 0 bridgehead atoms. The van der Waals surface area contributed by atoms with Crippen LogP contribution in [0.2, 0.25) is 10.0 Å². The third-order valence-corrected chi connectivity index (χ3v) is 2.30. The molecule has 0 aliphatic carbocycles. The van der Waals surface area contributed by atoms with Crippen molar-refractivity contribution in [3.05, 3.63) is 33.8 Å². The summed E-state index contributed by atoms with van der Waals surface area (Å²) in [5, 5.41) is 9.03. The molecule has 0 saturated heterocycles. The van der Waals surface area contributed by atoms with Gasteiger partial charge in [0.1, 0.15) is 5.75 Å². The predicted octanol–water partition coefficient (Wildman–Crippen LogP) is 1.96. The molecule has 5 nitrogen and oxygen atoms in total. The average molecular weight is 290 g/mol. The second-order valence-corrected chi connectivity index (χ2v) is 4.08. The Morgan fingerprint density at radius 2 is 2.06 bits per heavy atom. The number of halogens is 2. The van der Waals surface area contributed by atoms with E-state index < -0.39 is 11.9 Å². The standard InChI is InChI=1S/C11H9Cl2NO4/c12-7-3-6(1-2-10(16)17)11(8(13)4-7)18-5-9(14)15/h1-4H,5H2,(H2,14,15)(H,16,17)/b2-1+. The highest BCUT2D eigenvalue weighted by Gasteiger charge is 2.10. The summed E-state index contributed by atoms with van der Waals surface area (Å²) in [7, 11) is 0. The van der Waals surface area contributed by atoms with E-state index in [0.29, 0.717) is 10.6 Å². The quantitative estimate of drug-likeness (QED) is 0.811. The highest BCUT2D eigenvalue weighted by atomic mass is 35.5. The molecule has 0 atom stereocenters. The minimum absolute atomic E-state index is 0.150. The SMILES string of the molecule is NC(=O)COc1c(Cl)cc(Cl)cc1/C=C/C(=O)O. The first kappa shape index (κ1) is 14.3.